The van der Waals surface area contributed by atoms with Crippen LogP contribution in [-0.4, -0.2) is 38.8 Å². The number of rotatable bonds is 3. The van der Waals surface area contributed by atoms with Crippen LogP contribution in [0.25, 0.3) is 0 Å². The van der Waals surface area contributed by atoms with Crippen LogP contribution in [0.5, 0.6) is 0 Å². The van der Waals surface area contributed by atoms with Crippen LogP contribution in [0.15, 0.2) is 0 Å². The summed E-state index contributed by atoms with van der Waals surface area (Å²) in [6, 6.07) is 0. The van der Waals surface area contributed by atoms with Crippen molar-refractivity contribution < 1.29 is 9.90 Å². The summed E-state index contributed by atoms with van der Waals surface area (Å²) < 4.78 is 0. The second-order valence-corrected chi connectivity index (χ2v) is 6.30. The van der Waals surface area contributed by atoms with Crippen molar-refractivity contribution >= 4 is 5.91 Å². The molecule has 2 rings (SSSR count). The molecule has 0 bridgehead atoms. The van der Waals surface area contributed by atoms with Gasteiger partial charge in [0.05, 0.1) is 6.10 Å². The number of amides is 1. The van der Waals surface area contributed by atoms with Gasteiger partial charge in [-0.25, -0.2) is 4.98 Å². The standard InChI is InChI=1S/C13H22N4O2/c1-13(2,3)12-15-10(16-17-12)11(19)14-7-8-4-5-9(18)6-8/h8-9,18H,4-7H2,1-3H3,(H,14,19)(H,15,16,17). The molecule has 2 unspecified atom stereocenters. The molecule has 1 aliphatic rings. The smallest absolute Gasteiger partial charge is 0.290 e. The molecule has 0 radical (unpaired) electrons. The number of H-pyrrole nitrogens is 1. The van der Waals surface area contributed by atoms with Crippen molar-refractivity contribution in [1.82, 2.24) is 20.5 Å². The highest BCUT2D eigenvalue weighted by molar-refractivity contribution is 5.90. The lowest BCUT2D eigenvalue weighted by molar-refractivity contribution is 0.0935. The number of nitrogens with one attached hydrogen (secondary N) is 2. The number of aromatic nitrogens is 3. The first kappa shape index (κ1) is 14.0. The molecule has 106 valence electrons. The highest BCUT2D eigenvalue weighted by Gasteiger charge is 2.25. The first-order valence-electron chi connectivity index (χ1n) is 6.75. The Balaban J connectivity index is 1.88. The number of carbonyl (C=O) groups excluding carboxylic acids is 1. The van der Waals surface area contributed by atoms with Gasteiger partial charge in [0.15, 0.2) is 0 Å². The molecule has 6 nitrogen and oxygen atoms in total. The van der Waals surface area contributed by atoms with Crippen molar-refractivity contribution in [1.29, 1.82) is 0 Å². The lowest BCUT2D eigenvalue weighted by Crippen LogP contribution is -2.29. The molecule has 1 saturated carbocycles. The zero-order chi connectivity index (χ0) is 14.0. The predicted octanol–water partition coefficient (Wildman–Crippen LogP) is 0.993. The minimum Gasteiger partial charge on any atom is -0.393 e. The maximum atomic E-state index is 11.9. The van der Waals surface area contributed by atoms with E-state index in [2.05, 4.69) is 20.5 Å². The Kier molecular flexibility index (Phi) is 3.89. The van der Waals surface area contributed by atoms with E-state index in [1.54, 1.807) is 0 Å². The van der Waals surface area contributed by atoms with E-state index in [9.17, 15) is 9.90 Å². The van der Waals surface area contributed by atoms with Gasteiger partial charge in [-0.15, -0.1) is 5.10 Å². The Morgan fingerprint density at radius 3 is 2.74 bits per heavy atom. The van der Waals surface area contributed by atoms with Crippen LogP contribution < -0.4 is 5.32 Å². The van der Waals surface area contributed by atoms with Crippen molar-refractivity contribution in [2.75, 3.05) is 6.54 Å². The topological polar surface area (TPSA) is 90.9 Å². The first-order chi connectivity index (χ1) is 8.86. The normalized spacial score (nSPS) is 23.6. The molecule has 1 aromatic rings. The monoisotopic (exact) mass is 266 g/mol. The van der Waals surface area contributed by atoms with Crippen LogP contribution >= 0.6 is 0 Å². The van der Waals surface area contributed by atoms with E-state index in [0.29, 0.717) is 18.3 Å². The number of aliphatic hydroxyl groups is 1. The van der Waals surface area contributed by atoms with E-state index in [1.807, 2.05) is 20.8 Å². The van der Waals surface area contributed by atoms with Gasteiger partial charge in [0.1, 0.15) is 5.82 Å². The third kappa shape index (κ3) is 3.53. The summed E-state index contributed by atoms with van der Waals surface area (Å²) in [5, 5.41) is 19.0. The molecule has 19 heavy (non-hydrogen) atoms. The fourth-order valence-electron chi connectivity index (χ4n) is 2.25. The molecule has 1 aromatic heterocycles. The lowest BCUT2D eigenvalue weighted by Gasteiger charge is -2.13. The van der Waals surface area contributed by atoms with E-state index in [4.69, 9.17) is 0 Å². The fourth-order valence-corrected chi connectivity index (χ4v) is 2.25. The highest BCUT2D eigenvalue weighted by atomic mass is 16.3. The molecule has 3 N–H and O–H groups in total. The molecule has 1 aliphatic carbocycles. The molecule has 2 atom stereocenters. The third-order valence-corrected chi connectivity index (χ3v) is 3.46. The van der Waals surface area contributed by atoms with Crippen molar-refractivity contribution in [3.05, 3.63) is 11.6 Å². The number of aromatic amines is 1. The highest BCUT2D eigenvalue weighted by Crippen LogP contribution is 2.24. The summed E-state index contributed by atoms with van der Waals surface area (Å²) in [6.07, 6.45) is 2.34. The average Bonchev–Trinajstić information content (AvgIpc) is 2.93. The number of carbonyl (C=O) groups is 1. The Morgan fingerprint density at radius 2 is 2.21 bits per heavy atom. The quantitative estimate of drug-likeness (QED) is 0.761. The summed E-state index contributed by atoms with van der Waals surface area (Å²) in [6.45, 7) is 6.61. The maximum Gasteiger partial charge on any atom is 0.290 e. The minimum absolute atomic E-state index is 0.152. The molecule has 0 spiro atoms. The molecule has 1 fully saturated rings. The van der Waals surface area contributed by atoms with Crippen molar-refractivity contribution in [3.8, 4) is 0 Å². The maximum absolute atomic E-state index is 11.9. The Hall–Kier alpha value is -1.43. The van der Waals surface area contributed by atoms with E-state index in [1.165, 1.54) is 0 Å². The number of nitrogens with zero attached hydrogens (tertiary/aromatic N) is 2. The molecular weight excluding hydrogens is 244 g/mol. The third-order valence-electron chi connectivity index (χ3n) is 3.46. The summed E-state index contributed by atoms with van der Waals surface area (Å²) >= 11 is 0. The van der Waals surface area contributed by atoms with Crippen molar-refractivity contribution in [3.63, 3.8) is 0 Å². The summed E-state index contributed by atoms with van der Waals surface area (Å²) in [5.74, 6) is 0.991. The summed E-state index contributed by atoms with van der Waals surface area (Å²) in [7, 11) is 0. The van der Waals surface area contributed by atoms with Gasteiger partial charge in [-0.2, -0.15) is 0 Å². The molecule has 0 aliphatic heterocycles. The molecule has 1 heterocycles. The molecule has 0 aromatic carbocycles. The van der Waals surface area contributed by atoms with Gasteiger partial charge < -0.3 is 10.4 Å². The van der Waals surface area contributed by atoms with E-state index in [0.717, 1.165) is 19.3 Å². The van der Waals surface area contributed by atoms with Crippen LogP contribution in [0.1, 0.15) is 56.5 Å². The summed E-state index contributed by atoms with van der Waals surface area (Å²) in [4.78, 5) is 16.1. The minimum atomic E-state index is -0.256. The number of hydrogen-bond donors (Lipinski definition) is 3. The van der Waals surface area contributed by atoms with Crippen LogP contribution in [-0.2, 0) is 5.41 Å². The van der Waals surface area contributed by atoms with Crippen LogP contribution in [0.3, 0.4) is 0 Å². The Bertz CT molecular complexity index is 450. The fraction of sp³-hybridized carbons (Fsp3) is 0.769. The van der Waals surface area contributed by atoms with Crippen molar-refractivity contribution in [2.24, 2.45) is 5.92 Å². The molecule has 6 heteroatoms. The van der Waals surface area contributed by atoms with Gasteiger partial charge in [-0.1, -0.05) is 20.8 Å². The van der Waals surface area contributed by atoms with Gasteiger partial charge in [-0.05, 0) is 25.2 Å². The predicted molar refractivity (Wildman–Crippen MR) is 70.8 cm³/mol. The van der Waals surface area contributed by atoms with Crippen molar-refractivity contribution in [2.45, 2.75) is 51.6 Å². The van der Waals surface area contributed by atoms with Gasteiger partial charge in [0, 0.05) is 12.0 Å². The van der Waals surface area contributed by atoms with E-state index < -0.39 is 0 Å². The van der Waals surface area contributed by atoms with Gasteiger partial charge in [0.2, 0.25) is 5.82 Å². The molecular formula is C13H22N4O2. The van der Waals surface area contributed by atoms with E-state index in [-0.39, 0.29) is 23.3 Å². The SMILES string of the molecule is CC(C)(C)c1nc(C(=O)NCC2CCC(O)C2)n[nH]1. The zero-order valence-corrected chi connectivity index (χ0v) is 11.7. The Morgan fingerprint density at radius 1 is 1.47 bits per heavy atom. The lowest BCUT2D eigenvalue weighted by atomic mass is 9.96. The zero-order valence-electron chi connectivity index (χ0n) is 11.7. The first-order valence-corrected chi connectivity index (χ1v) is 6.75. The van der Waals surface area contributed by atoms with Crippen LogP contribution in [0, 0.1) is 5.92 Å². The molecule has 1 amide bonds. The Labute approximate surface area is 113 Å². The number of aliphatic hydroxyl groups excluding tert-OH is 1. The van der Waals surface area contributed by atoms with Crippen LogP contribution in [0.2, 0.25) is 0 Å². The average molecular weight is 266 g/mol. The van der Waals surface area contributed by atoms with Crippen LogP contribution in [0.4, 0.5) is 0 Å². The second-order valence-electron chi connectivity index (χ2n) is 6.30. The van der Waals surface area contributed by atoms with E-state index >= 15 is 0 Å². The van der Waals surface area contributed by atoms with Gasteiger partial charge >= 0.3 is 0 Å². The largest absolute Gasteiger partial charge is 0.393 e. The summed E-state index contributed by atoms with van der Waals surface area (Å²) in [5.41, 5.74) is -0.152. The second kappa shape index (κ2) is 5.28. The van der Waals surface area contributed by atoms with Gasteiger partial charge in [-0.3, -0.25) is 9.89 Å². The van der Waals surface area contributed by atoms with Gasteiger partial charge in [0.25, 0.3) is 5.91 Å². The molecule has 0 saturated heterocycles. The number of hydrogen-bond acceptors (Lipinski definition) is 4.